The molecular weight excluding hydrogens is 234 g/mol. The van der Waals surface area contributed by atoms with Crippen molar-refractivity contribution in [1.82, 2.24) is 4.98 Å². The van der Waals surface area contributed by atoms with Crippen LogP contribution in [0.3, 0.4) is 0 Å². The fourth-order valence-electron chi connectivity index (χ4n) is 1.39. The highest BCUT2D eigenvalue weighted by molar-refractivity contribution is 7.99. The maximum absolute atomic E-state index is 10.8. The topological polar surface area (TPSA) is 50.2 Å². The Labute approximate surface area is 104 Å². The van der Waals surface area contributed by atoms with E-state index in [0.29, 0.717) is 5.03 Å². The van der Waals surface area contributed by atoms with Gasteiger partial charge in [-0.1, -0.05) is 35.5 Å². The maximum atomic E-state index is 10.8. The van der Waals surface area contributed by atoms with Gasteiger partial charge in [0.2, 0.25) is 0 Å². The second kappa shape index (κ2) is 5.01. The number of aromatic carboxylic acids is 1. The molecule has 0 bridgehead atoms. The Balaban J connectivity index is 2.24. The molecule has 0 radical (unpaired) electrons. The van der Waals surface area contributed by atoms with Gasteiger partial charge in [0.1, 0.15) is 10.7 Å². The normalized spacial score (nSPS) is 10.2. The van der Waals surface area contributed by atoms with Crippen LogP contribution in [0.5, 0.6) is 0 Å². The van der Waals surface area contributed by atoms with Gasteiger partial charge in [-0.05, 0) is 31.2 Å². The van der Waals surface area contributed by atoms with Crippen molar-refractivity contribution in [3.8, 4) is 0 Å². The van der Waals surface area contributed by atoms with Crippen LogP contribution in [-0.4, -0.2) is 16.1 Å². The molecule has 4 heteroatoms. The van der Waals surface area contributed by atoms with Crippen molar-refractivity contribution in [2.75, 3.05) is 0 Å². The first-order chi connectivity index (χ1) is 8.15. The van der Waals surface area contributed by atoms with Crippen LogP contribution in [0.25, 0.3) is 0 Å². The first-order valence-electron chi connectivity index (χ1n) is 5.10. The van der Waals surface area contributed by atoms with E-state index in [0.717, 1.165) is 4.90 Å². The summed E-state index contributed by atoms with van der Waals surface area (Å²) < 4.78 is 0. The Hall–Kier alpha value is -1.81. The van der Waals surface area contributed by atoms with Crippen molar-refractivity contribution < 1.29 is 9.90 Å². The van der Waals surface area contributed by atoms with Gasteiger partial charge in [-0.2, -0.15) is 0 Å². The standard InChI is InChI=1S/C13H11NO2S/c1-9-4-2-5-10(8-9)17-12-7-3-6-11(14-12)13(15)16/h2-8H,1H3,(H,15,16). The van der Waals surface area contributed by atoms with Crippen molar-refractivity contribution in [1.29, 1.82) is 0 Å². The number of rotatable bonds is 3. The Morgan fingerprint density at radius 3 is 2.71 bits per heavy atom. The number of carboxylic acids is 1. The van der Waals surface area contributed by atoms with Gasteiger partial charge in [0.25, 0.3) is 0 Å². The van der Waals surface area contributed by atoms with Gasteiger partial charge in [0, 0.05) is 4.90 Å². The van der Waals surface area contributed by atoms with Crippen LogP contribution in [-0.2, 0) is 0 Å². The highest BCUT2D eigenvalue weighted by atomic mass is 32.2. The zero-order chi connectivity index (χ0) is 12.3. The van der Waals surface area contributed by atoms with Gasteiger partial charge in [-0.3, -0.25) is 0 Å². The van der Waals surface area contributed by atoms with Crippen LogP contribution in [0.15, 0.2) is 52.4 Å². The summed E-state index contributed by atoms with van der Waals surface area (Å²) in [6, 6.07) is 13.0. The third kappa shape index (κ3) is 3.07. The minimum absolute atomic E-state index is 0.0719. The fourth-order valence-corrected chi connectivity index (χ4v) is 2.31. The van der Waals surface area contributed by atoms with E-state index < -0.39 is 5.97 Å². The van der Waals surface area contributed by atoms with E-state index in [4.69, 9.17) is 5.11 Å². The number of carboxylic acid groups (broad SMARTS) is 1. The number of aromatic nitrogens is 1. The summed E-state index contributed by atoms with van der Waals surface area (Å²) in [5.41, 5.74) is 1.24. The maximum Gasteiger partial charge on any atom is 0.354 e. The van der Waals surface area contributed by atoms with E-state index in [2.05, 4.69) is 4.98 Å². The van der Waals surface area contributed by atoms with E-state index in [-0.39, 0.29) is 5.69 Å². The number of pyridine rings is 1. The molecule has 2 aromatic rings. The van der Waals surface area contributed by atoms with Gasteiger partial charge >= 0.3 is 5.97 Å². The minimum atomic E-state index is -1.00. The molecule has 2 rings (SSSR count). The van der Waals surface area contributed by atoms with E-state index in [9.17, 15) is 4.79 Å². The van der Waals surface area contributed by atoms with E-state index >= 15 is 0 Å². The summed E-state index contributed by atoms with van der Waals surface area (Å²) in [6.45, 7) is 2.02. The number of hydrogen-bond donors (Lipinski definition) is 1. The van der Waals surface area contributed by atoms with Crippen molar-refractivity contribution in [2.45, 2.75) is 16.8 Å². The predicted molar refractivity (Wildman–Crippen MR) is 66.5 cm³/mol. The highest BCUT2D eigenvalue weighted by Crippen LogP contribution is 2.26. The molecule has 0 atom stereocenters. The Kier molecular flexibility index (Phi) is 3.44. The zero-order valence-electron chi connectivity index (χ0n) is 9.25. The molecular formula is C13H11NO2S. The van der Waals surface area contributed by atoms with Gasteiger partial charge in [-0.25, -0.2) is 9.78 Å². The first kappa shape index (κ1) is 11.7. The zero-order valence-corrected chi connectivity index (χ0v) is 10.1. The molecule has 1 aromatic heterocycles. The summed E-state index contributed by atoms with van der Waals surface area (Å²) >= 11 is 1.46. The second-order valence-corrected chi connectivity index (χ2v) is 4.68. The third-order valence-corrected chi connectivity index (χ3v) is 3.08. The summed E-state index contributed by atoms with van der Waals surface area (Å²) in [5.74, 6) is -1.00. The molecule has 1 aromatic carbocycles. The molecule has 0 amide bonds. The second-order valence-electron chi connectivity index (χ2n) is 3.58. The lowest BCUT2D eigenvalue weighted by atomic mass is 10.2. The molecule has 0 spiro atoms. The summed E-state index contributed by atoms with van der Waals surface area (Å²) in [5, 5.41) is 9.54. The molecule has 0 fully saturated rings. The monoisotopic (exact) mass is 245 g/mol. The molecule has 17 heavy (non-hydrogen) atoms. The summed E-state index contributed by atoms with van der Waals surface area (Å²) in [7, 11) is 0. The third-order valence-electron chi connectivity index (χ3n) is 2.15. The van der Waals surface area contributed by atoms with E-state index in [1.165, 1.54) is 23.4 Å². The van der Waals surface area contributed by atoms with Gasteiger partial charge < -0.3 is 5.11 Å². The SMILES string of the molecule is Cc1cccc(Sc2cccc(C(=O)O)n2)c1. The molecule has 0 saturated carbocycles. The van der Waals surface area contributed by atoms with Crippen LogP contribution < -0.4 is 0 Å². The highest BCUT2D eigenvalue weighted by Gasteiger charge is 2.06. The number of hydrogen-bond acceptors (Lipinski definition) is 3. The van der Waals surface area contributed by atoms with Gasteiger partial charge in [0.05, 0.1) is 0 Å². The molecule has 1 heterocycles. The molecule has 0 unspecified atom stereocenters. The van der Waals surface area contributed by atoms with Crippen LogP contribution in [0.4, 0.5) is 0 Å². The van der Waals surface area contributed by atoms with Crippen LogP contribution >= 0.6 is 11.8 Å². The summed E-state index contributed by atoms with van der Waals surface area (Å²) in [6.07, 6.45) is 0. The Morgan fingerprint density at radius 1 is 1.24 bits per heavy atom. The Morgan fingerprint density at radius 2 is 2.00 bits per heavy atom. The number of aryl methyl sites for hydroxylation is 1. The quantitative estimate of drug-likeness (QED) is 0.901. The van der Waals surface area contributed by atoms with E-state index in [1.54, 1.807) is 12.1 Å². The van der Waals surface area contributed by atoms with Crippen molar-refractivity contribution in [2.24, 2.45) is 0 Å². The van der Waals surface area contributed by atoms with Crippen LogP contribution in [0.1, 0.15) is 16.1 Å². The fraction of sp³-hybridized carbons (Fsp3) is 0.0769. The number of nitrogens with zero attached hydrogens (tertiary/aromatic N) is 1. The van der Waals surface area contributed by atoms with E-state index in [1.807, 2.05) is 31.2 Å². The first-order valence-corrected chi connectivity index (χ1v) is 5.92. The lowest BCUT2D eigenvalue weighted by Gasteiger charge is -2.02. The summed E-state index contributed by atoms with van der Waals surface area (Å²) in [4.78, 5) is 15.9. The van der Waals surface area contributed by atoms with Gasteiger partial charge in [0.15, 0.2) is 0 Å². The van der Waals surface area contributed by atoms with Crippen molar-refractivity contribution >= 4 is 17.7 Å². The number of carbonyl (C=O) groups is 1. The molecule has 0 aliphatic carbocycles. The molecule has 1 N–H and O–H groups in total. The average molecular weight is 245 g/mol. The molecule has 0 aliphatic rings. The van der Waals surface area contributed by atoms with Crippen LogP contribution in [0.2, 0.25) is 0 Å². The average Bonchev–Trinajstić information content (AvgIpc) is 2.29. The smallest absolute Gasteiger partial charge is 0.354 e. The molecule has 0 aliphatic heterocycles. The van der Waals surface area contributed by atoms with Crippen LogP contribution in [0, 0.1) is 6.92 Å². The van der Waals surface area contributed by atoms with Gasteiger partial charge in [-0.15, -0.1) is 0 Å². The lowest BCUT2D eigenvalue weighted by Crippen LogP contribution is -1.99. The largest absolute Gasteiger partial charge is 0.477 e. The number of benzene rings is 1. The predicted octanol–water partition coefficient (Wildman–Crippen LogP) is 3.24. The lowest BCUT2D eigenvalue weighted by molar-refractivity contribution is 0.0689. The minimum Gasteiger partial charge on any atom is -0.477 e. The molecule has 3 nitrogen and oxygen atoms in total. The molecule has 0 saturated heterocycles. The van der Waals surface area contributed by atoms with Crippen molar-refractivity contribution in [3.05, 3.63) is 53.7 Å². The van der Waals surface area contributed by atoms with Crippen molar-refractivity contribution in [3.63, 3.8) is 0 Å². The Bertz CT molecular complexity index is 555. The molecule has 86 valence electrons.